The fraction of sp³-hybridized carbons (Fsp3) is 0.296. The van der Waals surface area contributed by atoms with E-state index in [0.29, 0.717) is 10.6 Å². The lowest BCUT2D eigenvalue weighted by atomic mass is 10.1. The van der Waals surface area contributed by atoms with Crippen molar-refractivity contribution in [2.24, 2.45) is 0 Å². The van der Waals surface area contributed by atoms with Crippen LogP contribution in [0.4, 0.5) is 10.5 Å². The molecule has 8 nitrogen and oxygen atoms in total. The van der Waals surface area contributed by atoms with E-state index in [-0.39, 0.29) is 30.0 Å². The lowest BCUT2D eigenvalue weighted by Crippen LogP contribution is -2.31. The Balaban J connectivity index is 1.18. The molecule has 1 fully saturated rings. The first-order valence-corrected chi connectivity index (χ1v) is 12.9. The first-order chi connectivity index (χ1) is 17.5. The highest BCUT2D eigenvalue weighted by atomic mass is 32.2. The summed E-state index contributed by atoms with van der Waals surface area (Å²) in [6.07, 6.45) is 6.15. The topological polar surface area (TPSA) is 97.2 Å². The van der Waals surface area contributed by atoms with Gasteiger partial charge in [-0.05, 0) is 67.4 Å². The first kappa shape index (κ1) is 24.0. The Morgan fingerprint density at radius 2 is 1.92 bits per heavy atom. The molecule has 5 rings (SSSR count). The number of carbonyl (C=O) groups excluding carboxylic acids is 3. The zero-order valence-electron chi connectivity index (χ0n) is 20.1. The van der Waals surface area contributed by atoms with Crippen molar-refractivity contribution < 1.29 is 14.4 Å². The number of hydrogen-bond donors (Lipinski definition) is 1. The third-order valence-corrected chi connectivity index (χ3v) is 7.22. The lowest BCUT2D eigenvalue weighted by molar-refractivity contribution is -0.123. The second-order valence-electron chi connectivity index (χ2n) is 9.03. The molecule has 3 heterocycles. The van der Waals surface area contributed by atoms with Crippen LogP contribution in [0.25, 0.3) is 17.5 Å². The van der Waals surface area contributed by atoms with E-state index >= 15 is 0 Å². The number of aromatic nitrogens is 3. The number of rotatable bonds is 6. The molecule has 2 aliphatic rings. The number of nitrogens with one attached hydrogen (secondary N) is 1. The molecule has 1 aromatic heterocycles. The van der Waals surface area contributed by atoms with Crippen LogP contribution in [0.2, 0.25) is 0 Å². The molecule has 0 spiro atoms. The molecule has 3 aromatic rings. The molecule has 1 N–H and O–H groups in total. The van der Waals surface area contributed by atoms with Crippen molar-refractivity contribution in [3.8, 4) is 11.4 Å². The van der Waals surface area contributed by atoms with E-state index in [9.17, 15) is 14.4 Å². The SMILES string of the molecule is Cc1cccc(/C=C2\SC(=O)N(CCC(=O)Nc3ccc(-c4nnc5n4CCCCC5)cc3)C2=O)c1. The van der Waals surface area contributed by atoms with Crippen LogP contribution in [0.3, 0.4) is 0 Å². The van der Waals surface area contributed by atoms with E-state index in [1.807, 2.05) is 55.5 Å². The Morgan fingerprint density at radius 3 is 2.72 bits per heavy atom. The number of anilines is 1. The number of benzene rings is 2. The van der Waals surface area contributed by atoms with Gasteiger partial charge in [0.15, 0.2) is 5.82 Å². The van der Waals surface area contributed by atoms with Crippen LogP contribution in [0.1, 0.15) is 42.6 Å². The first-order valence-electron chi connectivity index (χ1n) is 12.1. The third-order valence-electron chi connectivity index (χ3n) is 6.31. The zero-order valence-corrected chi connectivity index (χ0v) is 20.9. The molecule has 0 unspecified atom stereocenters. The average Bonchev–Trinajstić information content (AvgIpc) is 3.27. The predicted octanol–water partition coefficient (Wildman–Crippen LogP) is 5.05. The van der Waals surface area contributed by atoms with Crippen molar-refractivity contribution in [3.05, 3.63) is 70.4 Å². The molecule has 0 bridgehead atoms. The normalized spacial score (nSPS) is 16.8. The van der Waals surface area contributed by atoms with Crippen molar-refractivity contribution in [3.63, 3.8) is 0 Å². The molecule has 36 heavy (non-hydrogen) atoms. The Kier molecular flexibility index (Phi) is 6.99. The fourth-order valence-electron chi connectivity index (χ4n) is 4.44. The molecule has 0 saturated carbocycles. The van der Waals surface area contributed by atoms with Crippen LogP contribution < -0.4 is 5.32 Å². The lowest BCUT2D eigenvalue weighted by Gasteiger charge is -2.12. The Hall–Kier alpha value is -3.72. The summed E-state index contributed by atoms with van der Waals surface area (Å²) < 4.78 is 2.18. The van der Waals surface area contributed by atoms with Gasteiger partial charge in [0.25, 0.3) is 11.1 Å². The predicted molar refractivity (Wildman–Crippen MR) is 140 cm³/mol. The summed E-state index contributed by atoms with van der Waals surface area (Å²) in [5, 5.41) is 11.2. The minimum Gasteiger partial charge on any atom is -0.326 e. The summed E-state index contributed by atoms with van der Waals surface area (Å²) in [5.41, 5.74) is 3.53. The molecular formula is C27H27N5O3S. The van der Waals surface area contributed by atoms with Gasteiger partial charge in [0.05, 0.1) is 4.91 Å². The van der Waals surface area contributed by atoms with E-state index in [4.69, 9.17) is 0 Å². The maximum atomic E-state index is 12.7. The average molecular weight is 502 g/mol. The van der Waals surface area contributed by atoms with Crippen molar-refractivity contribution in [1.82, 2.24) is 19.7 Å². The van der Waals surface area contributed by atoms with Crippen molar-refractivity contribution in [1.29, 1.82) is 0 Å². The largest absolute Gasteiger partial charge is 0.326 e. The third kappa shape index (κ3) is 5.26. The Morgan fingerprint density at radius 1 is 1.08 bits per heavy atom. The van der Waals surface area contributed by atoms with Gasteiger partial charge in [-0.15, -0.1) is 10.2 Å². The Bertz CT molecular complexity index is 1350. The number of thioether (sulfide) groups is 1. The fourth-order valence-corrected chi connectivity index (χ4v) is 5.31. The van der Waals surface area contributed by atoms with Crippen LogP contribution in [-0.2, 0) is 22.6 Å². The summed E-state index contributed by atoms with van der Waals surface area (Å²) in [6.45, 7) is 2.92. The molecule has 2 aromatic carbocycles. The molecule has 2 aliphatic heterocycles. The highest BCUT2D eigenvalue weighted by Gasteiger charge is 2.35. The van der Waals surface area contributed by atoms with E-state index in [0.717, 1.165) is 70.8 Å². The van der Waals surface area contributed by atoms with Gasteiger partial charge in [-0.3, -0.25) is 19.3 Å². The second-order valence-corrected chi connectivity index (χ2v) is 10.0. The number of nitrogens with zero attached hydrogens (tertiary/aromatic N) is 4. The quantitative estimate of drug-likeness (QED) is 0.475. The highest BCUT2D eigenvalue weighted by Crippen LogP contribution is 2.32. The standard InChI is InChI=1S/C27H27N5O3S/c1-18-6-5-7-19(16-18)17-22-26(34)32(27(35)36-22)15-13-24(33)28-21-11-9-20(10-12-21)25-30-29-23-8-3-2-4-14-31(23)25/h5-7,9-12,16-17H,2-4,8,13-15H2,1H3,(H,28,33)/b22-17-. The van der Waals surface area contributed by atoms with Crippen molar-refractivity contribution in [2.45, 2.75) is 45.6 Å². The second kappa shape index (κ2) is 10.5. The van der Waals surface area contributed by atoms with Crippen LogP contribution in [-0.4, -0.2) is 43.3 Å². The van der Waals surface area contributed by atoms with Crippen molar-refractivity contribution >= 4 is 40.6 Å². The minimum atomic E-state index is -0.365. The Labute approximate surface area is 213 Å². The van der Waals surface area contributed by atoms with Gasteiger partial charge in [0.2, 0.25) is 5.91 Å². The number of imide groups is 1. The summed E-state index contributed by atoms with van der Waals surface area (Å²) in [6, 6.07) is 15.2. The van der Waals surface area contributed by atoms with Gasteiger partial charge in [0.1, 0.15) is 5.82 Å². The molecule has 1 saturated heterocycles. The number of aryl methyl sites for hydroxylation is 2. The van der Waals surface area contributed by atoms with Crippen molar-refractivity contribution in [2.75, 3.05) is 11.9 Å². The number of hydrogen-bond acceptors (Lipinski definition) is 6. The molecular weight excluding hydrogens is 474 g/mol. The van der Waals surface area contributed by atoms with Gasteiger partial charge in [-0.2, -0.15) is 0 Å². The number of amides is 3. The smallest absolute Gasteiger partial charge is 0.293 e. The van der Waals surface area contributed by atoms with Gasteiger partial charge >= 0.3 is 0 Å². The minimum absolute atomic E-state index is 0.0230. The number of fused-ring (bicyclic) bond motifs is 1. The molecule has 0 atom stereocenters. The van der Waals surface area contributed by atoms with Gasteiger partial charge in [-0.25, -0.2) is 0 Å². The van der Waals surface area contributed by atoms with Gasteiger partial charge in [0, 0.05) is 37.2 Å². The van der Waals surface area contributed by atoms with E-state index in [2.05, 4.69) is 20.1 Å². The van der Waals surface area contributed by atoms with E-state index in [1.165, 1.54) is 6.42 Å². The van der Waals surface area contributed by atoms with Crippen LogP contribution >= 0.6 is 11.8 Å². The van der Waals surface area contributed by atoms with E-state index < -0.39 is 0 Å². The maximum absolute atomic E-state index is 12.7. The molecule has 0 radical (unpaired) electrons. The highest BCUT2D eigenvalue weighted by molar-refractivity contribution is 8.18. The molecule has 184 valence electrons. The zero-order chi connectivity index (χ0) is 25.1. The molecule has 9 heteroatoms. The summed E-state index contributed by atoms with van der Waals surface area (Å²) in [7, 11) is 0. The van der Waals surface area contributed by atoms with Crippen LogP contribution in [0.15, 0.2) is 53.4 Å². The number of carbonyl (C=O) groups is 3. The monoisotopic (exact) mass is 501 g/mol. The molecule has 0 aliphatic carbocycles. The van der Waals surface area contributed by atoms with Crippen LogP contribution in [0.5, 0.6) is 0 Å². The van der Waals surface area contributed by atoms with Gasteiger partial charge in [-0.1, -0.05) is 36.2 Å². The van der Waals surface area contributed by atoms with Gasteiger partial charge < -0.3 is 9.88 Å². The maximum Gasteiger partial charge on any atom is 0.293 e. The van der Waals surface area contributed by atoms with E-state index in [1.54, 1.807) is 6.08 Å². The summed E-state index contributed by atoms with van der Waals surface area (Å²) >= 11 is 0.903. The summed E-state index contributed by atoms with van der Waals surface area (Å²) in [4.78, 5) is 39.1. The summed E-state index contributed by atoms with van der Waals surface area (Å²) in [5.74, 6) is 1.25. The molecule has 3 amide bonds. The van der Waals surface area contributed by atoms with Crippen LogP contribution in [0, 0.1) is 6.92 Å².